The van der Waals surface area contributed by atoms with Crippen LogP contribution in [0.5, 0.6) is 0 Å². The second-order valence-corrected chi connectivity index (χ2v) is 7.82. The molecule has 25 heavy (non-hydrogen) atoms. The van der Waals surface area contributed by atoms with E-state index in [1.807, 2.05) is 32.0 Å². The van der Waals surface area contributed by atoms with E-state index >= 15 is 0 Å². The van der Waals surface area contributed by atoms with Gasteiger partial charge in [0, 0.05) is 12.1 Å². The van der Waals surface area contributed by atoms with Crippen molar-refractivity contribution >= 4 is 20.9 Å². The molecular formula is C19H20N2O3S. The third-order valence-corrected chi connectivity index (χ3v) is 5.84. The number of benzene rings is 2. The number of H-pyrrole nitrogens is 1. The molecule has 3 aromatic rings. The minimum atomic E-state index is -3.56. The standard InChI is InChI=1S/C19H20N2O3S/c1-13-8-9-15-12-16(19(22)21-18(15)14(13)2)10-11-20-25(23,24)17-6-4-3-5-7-17/h3-9,12,20H,10-11H2,1-2H3,(H,21,22). The van der Waals surface area contributed by atoms with Crippen molar-refractivity contribution in [1.82, 2.24) is 9.71 Å². The van der Waals surface area contributed by atoms with Crippen molar-refractivity contribution in [2.24, 2.45) is 0 Å². The molecule has 2 N–H and O–H groups in total. The summed E-state index contributed by atoms with van der Waals surface area (Å²) in [6, 6.07) is 14.0. The van der Waals surface area contributed by atoms with Crippen LogP contribution in [0.4, 0.5) is 0 Å². The van der Waals surface area contributed by atoms with Gasteiger partial charge in [-0.05, 0) is 55.0 Å². The van der Waals surface area contributed by atoms with E-state index in [0.717, 1.165) is 22.0 Å². The first-order valence-corrected chi connectivity index (χ1v) is 9.53. The van der Waals surface area contributed by atoms with Crippen LogP contribution >= 0.6 is 0 Å². The van der Waals surface area contributed by atoms with Gasteiger partial charge in [0.15, 0.2) is 0 Å². The minimum absolute atomic E-state index is 0.163. The molecule has 0 aliphatic heterocycles. The summed E-state index contributed by atoms with van der Waals surface area (Å²) in [5.41, 5.74) is 3.38. The van der Waals surface area contributed by atoms with Crippen molar-refractivity contribution in [3.63, 3.8) is 0 Å². The maximum Gasteiger partial charge on any atom is 0.251 e. The third kappa shape index (κ3) is 3.65. The summed E-state index contributed by atoms with van der Waals surface area (Å²) in [6.45, 7) is 4.14. The fraction of sp³-hybridized carbons (Fsp3) is 0.211. The molecule has 0 saturated heterocycles. The molecule has 5 nitrogen and oxygen atoms in total. The molecule has 0 atom stereocenters. The molecule has 0 spiro atoms. The predicted octanol–water partition coefficient (Wildman–Crippen LogP) is 2.67. The Kier molecular flexibility index (Phi) is 4.74. The summed E-state index contributed by atoms with van der Waals surface area (Å²) in [5.74, 6) is 0. The molecule has 0 amide bonds. The van der Waals surface area contributed by atoms with E-state index in [1.54, 1.807) is 18.2 Å². The first kappa shape index (κ1) is 17.4. The summed E-state index contributed by atoms with van der Waals surface area (Å²) in [4.78, 5) is 15.4. The fourth-order valence-electron chi connectivity index (χ4n) is 2.76. The van der Waals surface area contributed by atoms with Gasteiger partial charge < -0.3 is 4.98 Å². The zero-order chi connectivity index (χ0) is 18.0. The van der Waals surface area contributed by atoms with Crippen LogP contribution in [0.2, 0.25) is 0 Å². The van der Waals surface area contributed by atoms with Crippen LogP contribution in [-0.2, 0) is 16.4 Å². The lowest BCUT2D eigenvalue weighted by Crippen LogP contribution is -2.27. The second kappa shape index (κ2) is 6.82. The Labute approximate surface area is 146 Å². The maximum atomic E-state index is 12.3. The number of sulfonamides is 1. The number of aromatic nitrogens is 1. The van der Waals surface area contributed by atoms with E-state index in [0.29, 0.717) is 12.0 Å². The van der Waals surface area contributed by atoms with Gasteiger partial charge in [-0.2, -0.15) is 0 Å². The highest BCUT2D eigenvalue weighted by atomic mass is 32.2. The smallest absolute Gasteiger partial charge is 0.251 e. The fourth-order valence-corrected chi connectivity index (χ4v) is 3.81. The first-order chi connectivity index (χ1) is 11.9. The lowest BCUT2D eigenvalue weighted by Gasteiger charge is -2.09. The SMILES string of the molecule is Cc1ccc2cc(CCNS(=O)(=O)c3ccccc3)c(=O)[nH]c2c1C. The molecule has 3 rings (SSSR count). The predicted molar refractivity (Wildman–Crippen MR) is 99.4 cm³/mol. The average molecular weight is 356 g/mol. The molecule has 6 heteroatoms. The monoisotopic (exact) mass is 356 g/mol. The lowest BCUT2D eigenvalue weighted by atomic mass is 10.0. The highest BCUT2D eigenvalue weighted by Gasteiger charge is 2.13. The Hall–Kier alpha value is -2.44. The second-order valence-electron chi connectivity index (χ2n) is 6.06. The Morgan fingerprint density at radius 3 is 2.48 bits per heavy atom. The summed E-state index contributed by atoms with van der Waals surface area (Å²) < 4.78 is 26.9. The number of hydrogen-bond donors (Lipinski definition) is 2. The number of hydrogen-bond acceptors (Lipinski definition) is 3. The van der Waals surface area contributed by atoms with Crippen molar-refractivity contribution in [2.45, 2.75) is 25.2 Å². The molecule has 0 radical (unpaired) electrons. The van der Waals surface area contributed by atoms with Gasteiger partial charge >= 0.3 is 0 Å². The summed E-state index contributed by atoms with van der Waals surface area (Å²) in [5, 5.41) is 0.948. The van der Waals surface area contributed by atoms with Gasteiger partial charge in [0.05, 0.1) is 10.4 Å². The highest BCUT2D eigenvalue weighted by molar-refractivity contribution is 7.89. The van der Waals surface area contributed by atoms with Gasteiger partial charge in [-0.15, -0.1) is 0 Å². The summed E-state index contributed by atoms with van der Waals surface area (Å²) >= 11 is 0. The van der Waals surface area contributed by atoms with Crippen molar-refractivity contribution in [2.75, 3.05) is 6.54 Å². The molecule has 0 saturated carbocycles. The molecule has 0 fully saturated rings. The maximum absolute atomic E-state index is 12.3. The van der Waals surface area contributed by atoms with E-state index in [1.165, 1.54) is 12.1 Å². The summed E-state index contributed by atoms with van der Waals surface area (Å²) in [6.07, 6.45) is 0.324. The molecular weight excluding hydrogens is 336 g/mol. The van der Waals surface area contributed by atoms with Gasteiger partial charge in [0.2, 0.25) is 10.0 Å². The molecule has 0 aliphatic rings. The van der Waals surface area contributed by atoms with Crippen LogP contribution in [0, 0.1) is 13.8 Å². The molecule has 0 aliphatic carbocycles. The van der Waals surface area contributed by atoms with Crippen LogP contribution in [0.15, 0.2) is 58.2 Å². The number of aromatic amines is 1. The zero-order valence-corrected chi connectivity index (χ0v) is 15.0. The van der Waals surface area contributed by atoms with E-state index in [-0.39, 0.29) is 17.0 Å². The van der Waals surface area contributed by atoms with Gasteiger partial charge in [0.25, 0.3) is 5.56 Å². The average Bonchev–Trinajstić information content (AvgIpc) is 2.60. The topological polar surface area (TPSA) is 79.0 Å². The van der Waals surface area contributed by atoms with Gasteiger partial charge in [-0.1, -0.05) is 30.3 Å². The number of rotatable bonds is 5. The van der Waals surface area contributed by atoms with Gasteiger partial charge in [-0.25, -0.2) is 13.1 Å². The van der Waals surface area contributed by atoms with Crippen LogP contribution < -0.4 is 10.3 Å². The van der Waals surface area contributed by atoms with Crippen LogP contribution in [0.3, 0.4) is 0 Å². The largest absolute Gasteiger partial charge is 0.321 e. The normalized spacial score (nSPS) is 11.8. The van der Waals surface area contributed by atoms with Crippen molar-refractivity contribution in [1.29, 1.82) is 0 Å². The number of fused-ring (bicyclic) bond motifs is 1. The molecule has 1 aromatic heterocycles. The molecule has 2 aromatic carbocycles. The van der Waals surface area contributed by atoms with E-state index in [2.05, 4.69) is 9.71 Å². The van der Waals surface area contributed by atoms with Crippen LogP contribution in [0.1, 0.15) is 16.7 Å². The molecule has 0 bridgehead atoms. The van der Waals surface area contributed by atoms with Crippen molar-refractivity contribution in [3.05, 3.63) is 75.6 Å². The van der Waals surface area contributed by atoms with Gasteiger partial charge in [0.1, 0.15) is 0 Å². The zero-order valence-electron chi connectivity index (χ0n) is 14.2. The van der Waals surface area contributed by atoms with Crippen molar-refractivity contribution in [3.8, 4) is 0 Å². The van der Waals surface area contributed by atoms with Crippen LogP contribution in [0.25, 0.3) is 10.9 Å². The number of nitrogens with one attached hydrogen (secondary N) is 2. The Morgan fingerprint density at radius 2 is 1.76 bits per heavy atom. The van der Waals surface area contributed by atoms with Crippen molar-refractivity contribution < 1.29 is 8.42 Å². The quantitative estimate of drug-likeness (QED) is 0.738. The molecule has 130 valence electrons. The number of pyridine rings is 1. The van der Waals surface area contributed by atoms with E-state index < -0.39 is 10.0 Å². The van der Waals surface area contributed by atoms with E-state index in [4.69, 9.17) is 0 Å². The third-order valence-electron chi connectivity index (χ3n) is 4.37. The Morgan fingerprint density at radius 1 is 1.04 bits per heavy atom. The molecule has 0 unspecified atom stereocenters. The lowest BCUT2D eigenvalue weighted by molar-refractivity contribution is 0.581. The van der Waals surface area contributed by atoms with Crippen LogP contribution in [-0.4, -0.2) is 19.9 Å². The minimum Gasteiger partial charge on any atom is -0.321 e. The Balaban J connectivity index is 1.79. The van der Waals surface area contributed by atoms with Gasteiger partial charge in [-0.3, -0.25) is 4.79 Å². The van der Waals surface area contributed by atoms with E-state index in [9.17, 15) is 13.2 Å². The Bertz CT molecular complexity index is 1070. The highest BCUT2D eigenvalue weighted by Crippen LogP contribution is 2.19. The summed E-state index contributed by atoms with van der Waals surface area (Å²) in [7, 11) is -3.56. The molecule has 1 heterocycles. The number of aryl methyl sites for hydroxylation is 2. The first-order valence-electron chi connectivity index (χ1n) is 8.05.